The number of oxazole rings is 1. The topological polar surface area (TPSA) is 43.9 Å². The van der Waals surface area contributed by atoms with Crippen molar-refractivity contribution >= 4 is 0 Å². The van der Waals surface area contributed by atoms with E-state index in [1.54, 1.807) is 12.3 Å². The monoisotopic (exact) mass is 279 g/mol. The van der Waals surface area contributed by atoms with E-state index in [1.165, 1.54) is 29.7 Å². The molecule has 2 heterocycles. The van der Waals surface area contributed by atoms with E-state index in [9.17, 15) is 13.2 Å². The fourth-order valence-corrected chi connectivity index (χ4v) is 1.84. The van der Waals surface area contributed by atoms with Gasteiger partial charge >= 0.3 is 6.18 Å². The molecule has 3 rings (SSSR count). The molecule has 0 saturated heterocycles. The minimum Gasteiger partial charge on any atom is -0.444 e. The van der Waals surface area contributed by atoms with Gasteiger partial charge in [-0.2, -0.15) is 13.2 Å². The molecular formula is C13H8F3N3O. The molecule has 7 heteroatoms. The molecule has 0 bridgehead atoms. The molecule has 0 spiro atoms. The summed E-state index contributed by atoms with van der Waals surface area (Å²) in [5, 5.41) is 0. The third-order valence-corrected chi connectivity index (χ3v) is 2.76. The standard InChI is InChI=1S/C13H8F3N3O/c14-13(15,16)10-3-9(12-6-18-8-20-12)4-11(5-10)19-2-1-17-7-19/h1-8H. The maximum absolute atomic E-state index is 13.0. The third kappa shape index (κ3) is 2.29. The van der Waals surface area contributed by atoms with Crippen LogP contribution in [0.1, 0.15) is 5.56 Å². The van der Waals surface area contributed by atoms with Gasteiger partial charge in [0.2, 0.25) is 0 Å². The fourth-order valence-electron chi connectivity index (χ4n) is 1.84. The molecule has 2 aromatic heterocycles. The quantitative estimate of drug-likeness (QED) is 0.720. The zero-order valence-electron chi connectivity index (χ0n) is 10.0. The number of halogens is 3. The maximum Gasteiger partial charge on any atom is 0.416 e. The van der Waals surface area contributed by atoms with Crippen molar-refractivity contribution in [3.8, 4) is 17.0 Å². The average Bonchev–Trinajstić information content (AvgIpc) is 3.10. The van der Waals surface area contributed by atoms with E-state index in [4.69, 9.17) is 4.42 Å². The average molecular weight is 279 g/mol. The van der Waals surface area contributed by atoms with Crippen molar-refractivity contribution in [2.24, 2.45) is 0 Å². The van der Waals surface area contributed by atoms with Crippen LogP contribution >= 0.6 is 0 Å². The zero-order chi connectivity index (χ0) is 14.2. The largest absolute Gasteiger partial charge is 0.444 e. The highest BCUT2D eigenvalue weighted by atomic mass is 19.4. The van der Waals surface area contributed by atoms with Gasteiger partial charge in [-0.15, -0.1) is 0 Å². The molecule has 0 unspecified atom stereocenters. The molecule has 0 atom stereocenters. The number of hydrogen-bond acceptors (Lipinski definition) is 3. The van der Waals surface area contributed by atoms with E-state index in [1.807, 2.05) is 0 Å². The molecule has 0 aliphatic carbocycles. The lowest BCUT2D eigenvalue weighted by Crippen LogP contribution is -2.06. The minimum absolute atomic E-state index is 0.275. The molecule has 4 nitrogen and oxygen atoms in total. The molecule has 0 radical (unpaired) electrons. The number of alkyl halides is 3. The lowest BCUT2D eigenvalue weighted by atomic mass is 10.1. The Morgan fingerprint density at radius 1 is 1.10 bits per heavy atom. The minimum atomic E-state index is -4.44. The van der Waals surface area contributed by atoms with Crippen LogP contribution in [0.4, 0.5) is 13.2 Å². The van der Waals surface area contributed by atoms with Gasteiger partial charge in [0.15, 0.2) is 12.2 Å². The van der Waals surface area contributed by atoms with Crippen molar-refractivity contribution < 1.29 is 17.6 Å². The van der Waals surface area contributed by atoms with Gasteiger partial charge in [-0.05, 0) is 18.2 Å². The number of hydrogen-bond donors (Lipinski definition) is 0. The van der Waals surface area contributed by atoms with Gasteiger partial charge in [-0.1, -0.05) is 0 Å². The second-order valence-corrected chi connectivity index (χ2v) is 4.10. The maximum atomic E-state index is 13.0. The van der Waals surface area contributed by atoms with Crippen molar-refractivity contribution in [1.29, 1.82) is 0 Å². The van der Waals surface area contributed by atoms with Crippen molar-refractivity contribution in [3.63, 3.8) is 0 Å². The first-order valence-corrected chi connectivity index (χ1v) is 5.63. The number of aromatic nitrogens is 3. The number of benzene rings is 1. The van der Waals surface area contributed by atoms with Gasteiger partial charge in [0, 0.05) is 23.6 Å². The Labute approximate surface area is 111 Å². The predicted molar refractivity (Wildman–Crippen MR) is 64.1 cm³/mol. The smallest absolute Gasteiger partial charge is 0.416 e. The Kier molecular flexibility index (Phi) is 2.81. The molecule has 102 valence electrons. The SMILES string of the molecule is FC(F)(F)c1cc(-c2cnco2)cc(-n2ccnc2)c1. The summed E-state index contributed by atoms with van der Waals surface area (Å²) in [4.78, 5) is 7.54. The van der Waals surface area contributed by atoms with Crippen LogP contribution in [0, 0.1) is 0 Å². The van der Waals surface area contributed by atoms with Gasteiger partial charge in [-0.3, -0.25) is 0 Å². The summed E-state index contributed by atoms with van der Waals surface area (Å²) in [7, 11) is 0. The van der Waals surface area contributed by atoms with E-state index in [2.05, 4.69) is 9.97 Å². The van der Waals surface area contributed by atoms with E-state index in [0.29, 0.717) is 11.3 Å². The lowest BCUT2D eigenvalue weighted by molar-refractivity contribution is -0.137. The van der Waals surface area contributed by atoms with E-state index >= 15 is 0 Å². The Bertz CT molecular complexity index is 651. The molecule has 20 heavy (non-hydrogen) atoms. The van der Waals surface area contributed by atoms with Crippen LogP contribution in [-0.2, 0) is 6.18 Å². The van der Waals surface area contributed by atoms with Gasteiger partial charge in [0.05, 0.1) is 18.1 Å². The Balaban J connectivity index is 2.19. The van der Waals surface area contributed by atoms with E-state index in [-0.39, 0.29) is 5.76 Å². The molecule has 0 aliphatic rings. The highest BCUT2D eigenvalue weighted by Gasteiger charge is 2.31. The van der Waals surface area contributed by atoms with Crippen molar-refractivity contribution in [1.82, 2.24) is 14.5 Å². The lowest BCUT2D eigenvalue weighted by Gasteiger charge is -2.11. The van der Waals surface area contributed by atoms with Gasteiger partial charge < -0.3 is 8.98 Å². The van der Waals surface area contributed by atoms with Gasteiger partial charge in [0.1, 0.15) is 0 Å². The molecular weight excluding hydrogens is 271 g/mol. The van der Waals surface area contributed by atoms with Crippen molar-refractivity contribution in [2.45, 2.75) is 6.18 Å². The molecule has 0 amide bonds. The van der Waals surface area contributed by atoms with Crippen LogP contribution < -0.4 is 0 Å². The third-order valence-electron chi connectivity index (χ3n) is 2.76. The highest BCUT2D eigenvalue weighted by molar-refractivity contribution is 5.62. The Morgan fingerprint density at radius 2 is 1.95 bits per heavy atom. The zero-order valence-corrected chi connectivity index (χ0v) is 10.0. The number of rotatable bonds is 2. The van der Waals surface area contributed by atoms with Crippen LogP contribution in [0.15, 0.2) is 53.9 Å². The highest BCUT2D eigenvalue weighted by Crippen LogP contribution is 2.34. The van der Waals surface area contributed by atoms with Crippen LogP contribution in [0.25, 0.3) is 17.0 Å². The van der Waals surface area contributed by atoms with Gasteiger partial charge in [0.25, 0.3) is 0 Å². The molecule has 1 aromatic carbocycles. The normalized spacial score (nSPS) is 11.8. The number of imidazole rings is 1. The summed E-state index contributed by atoms with van der Waals surface area (Å²) in [6, 6.07) is 3.67. The fraction of sp³-hybridized carbons (Fsp3) is 0.0769. The summed E-state index contributed by atoms with van der Waals surface area (Å²) in [5.41, 5.74) is -0.0974. The molecule has 0 N–H and O–H groups in total. The summed E-state index contributed by atoms with van der Waals surface area (Å²) < 4.78 is 45.4. The number of nitrogens with zero attached hydrogens (tertiary/aromatic N) is 3. The molecule has 0 saturated carbocycles. The van der Waals surface area contributed by atoms with Crippen LogP contribution in [0.3, 0.4) is 0 Å². The van der Waals surface area contributed by atoms with Gasteiger partial charge in [-0.25, -0.2) is 9.97 Å². The molecule has 0 fully saturated rings. The van der Waals surface area contributed by atoms with Crippen molar-refractivity contribution in [3.05, 3.63) is 55.1 Å². The predicted octanol–water partition coefficient (Wildman–Crippen LogP) is 3.55. The van der Waals surface area contributed by atoms with Crippen LogP contribution in [0.5, 0.6) is 0 Å². The van der Waals surface area contributed by atoms with E-state index in [0.717, 1.165) is 12.1 Å². The summed E-state index contributed by atoms with van der Waals surface area (Å²) in [6.45, 7) is 0. The first-order chi connectivity index (χ1) is 9.54. The summed E-state index contributed by atoms with van der Waals surface area (Å²) in [6.07, 6.45) is 2.60. The Hall–Kier alpha value is -2.57. The van der Waals surface area contributed by atoms with Crippen molar-refractivity contribution in [2.75, 3.05) is 0 Å². The summed E-state index contributed by atoms with van der Waals surface area (Å²) in [5.74, 6) is 0.275. The Morgan fingerprint density at radius 3 is 2.55 bits per heavy atom. The van der Waals surface area contributed by atoms with E-state index < -0.39 is 11.7 Å². The second kappa shape index (κ2) is 4.52. The second-order valence-electron chi connectivity index (χ2n) is 4.10. The van der Waals surface area contributed by atoms with Crippen LogP contribution in [0.2, 0.25) is 0 Å². The summed E-state index contributed by atoms with van der Waals surface area (Å²) >= 11 is 0. The molecule has 0 aliphatic heterocycles. The first-order valence-electron chi connectivity index (χ1n) is 5.63. The molecule has 3 aromatic rings. The van der Waals surface area contributed by atoms with Crippen LogP contribution in [-0.4, -0.2) is 14.5 Å². The first kappa shape index (κ1) is 12.5.